The summed E-state index contributed by atoms with van der Waals surface area (Å²) in [6.07, 6.45) is 5.75. The van der Waals surface area contributed by atoms with Gasteiger partial charge in [-0.15, -0.1) is 0 Å². The smallest absolute Gasteiger partial charge is 0.302 e. The van der Waals surface area contributed by atoms with Crippen LogP contribution in [0, 0.1) is 0 Å². The van der Waals surface area contributed by atoms with Crippen LogP contribution in [0.5, 0.6) is 0 Å². The van der Waals surface area contributed by atoms with E-state index < -0.39 is 0 Å². The molecule has 0 saturated heterocycles. The predicted octanol–water partition coefficient (Wildman–Crippen LogP) is 3.87. The number of esters is 2. The van der Waals surface area contributed by atoms with Gasteiger partial charge in [-0.25, -0.2) is 0 Å². The summed E-state index contributed by atoms with van der Waals surface area (Å²) in [4.78, 5) is 20.7. The Morgan fingerprint density at radius 3 is 1.74 bits per heavy atom. The molecule has 0 heterocycles. The van der Waals surface area contributed by atoms with E-state index in [9.17, 15) is 9.59 Å². The molecular formula is C15H30O4. The third-order valence-corrected chi connectivity index (χ3v) is 2.32. The molecule has 19 heavy (non-hydrogen) atoms. The third-order valence-electron chi connectivity index (χ3n) is 2.32. The predicted molar refractivity (Wildman–Crippen MR) is 76.9 cm³/mol. The molecule has 0 bridgehead atoms. The molecule has 0 aliphatic carbocycles. The number of unbranched alkanes of at least 4 members (excludes halogenated alkanes) is 2. The molecule has 1 atom stereocenters. The molecule has 0 saturated carbocycles. The normalized spacial score (nSPS) is 11.3. The van der Waals surface area contributed by atoms with Gasteiger partial charge in [0.15, 0.2) is 0 Å². The number of hydrogen-bond donors (Lipinski definition) is 0. The molecule has 0 fully saturated rings. The highest BCUT2D eigenvalue weighted by Crippen LogP contribution is 2.09. The van der Waals surface area contributed by atoms with Gasteiger partial charge in [-0.3, -0.25) is 9.59 Å². The van der Waals surface area contributed by atoms with Gasteiger partial charge in [0.25, 0.3) is 0 Å². The molecule has 1 unspecified atom stereocenters. The van der Waals surface area contributed by atoms with E-state index in [0.717, 1.165) is 12.8 Å². The first kappa shape index (κ1) is 20.3. The molecule has 4 nitrogen and oxygen atoms in total. The van der Waals surface area contributed by atoms with E-state index in [1.54, 1.807) is 0 Å². The first-order valence-electron chi connectivity index (χ1n) is 7.17. The maximum atomic E-state index is 10.6. The summed E-state index contributed by atoms with van der Waals surface area (Å²) in [5.41, 5.74) is 0. The second-order valence-electron chi connectivity index (χ2n) is 4.79. The van der Waals surface area contributed by atoms with Crippen LogP contribution in [0.1, 0.15) is 73.6 Å². The summed E-state index contributed by atoms with van der Waals surface area (Å²) in [7, 11) is 0. The molecule has 0 rings (SSSR count). The fraction of sp³-hybridized carbons (Fsp3) is 0.867. The Bertz CT molecular complexity index is 236. The molecule has 114 valence electrons. The summed E-state index contributed by atoms with van der Waals surface area (Å²) in [5, 5.41) is 0. The van der Waals surface area contributed by atoms with E-state index in [1.165, 1.54) is 33.1 Å². The number of hydrogen-bond acceptors (Lipinski definition) is 4. The Morgan fingerprint density at radius 2 is 1.47 bits per heavy atom. The van der Waals surface area contributed by atoms with E-state index in [-0.39, 0.29) is 24.1 Å². The molecule has 0 aromatic carbocycles. The average Bonchev–Trinajstić information content (AvgIpc) is 2.26. The summed E-state index contributed by atoms with van der Waals surface area (Å²) in [5.74, 6) is -0.367. The first-order valence-corrected chi connectivity index (χ1v) is 7.17. The fourth-order valence-electron chi connectivity index (χ4n) is 1.54. The molecule has 0 aliphatic rings. The van der Waals surface area contributed by atoms with Crippen molar-refractivity contribution in [3.05, 3.63) is 0 Å². The fourth-order valence-corrected chi connectivity index (χ4v) is 1.54. The number of carbonyl (C=O) groups excluding carboxylic acids is 2. The van der Waals surface area contributed by atoms with Gasteiger partial charge in [0, 0.05) is 13.8 Å². The van der Waals surface area contributed by atoms with E-state index >= 15 is 0 Å². The molecule has 0 aliphatic heterocycles. The monoisotopic (exact) mass is 274 g/mol. The highest BCUT2D eigenvalue weighted by molar-refractivity contribution is 5.66. The Labute approximate surface area is 117 Å². The minimum absolute atomic E-state index is 0.0255. The largest absolute Gasteiger partial charge is 0.463 e. The van der Waals surface area contributed by atoms with Crippen molar-refractivity contribution >= 4 is 11.9 Å². The standard InChI is InChI=1S/C10H20O2.C5H10O2/c1-4-6-7-8-10(5-2)12-9(3)11;1-4(2)7-5(3)6/h10H,4-8H2,1-3H3;4H,1-3H3. The number of rotatable bonds is 7. The number of ether oxygens (including phenoxy) is 2. The van der Waals surface area contributed by atoms with Crippen LogP contribution in [0.2, 0.25) is 0 Å². The topological polar surface area (TPSA) is 52.6 Å². The molecule has 0 spiro atoms. The summed E-state index contributed by atoms with van der Waals surface area (Å²) >= 11 is 0. The van der Waals surface area contributed by atoms with E-state index in [0.29, 0.717) is 0 Å². The zero-order chi connectivity index (χ0) is 15.3. The van der Waals surface area contributed by atoms with Crippen molar-refractivity contribution in [1.29, 1.82) is 0 Å². The van der Waals surface area contributed by atoms with Gasteiger partial charge in [0.1, 0.15) is 6.10 Å². The van der Waals surface area contributed by atoms with Crippen LogP contribution in [0.3, 0.4) is 0 Å². The van der Waals surface area contributed by atoms with Crippen LogP contribution in [-0.4, -0.2) is 24.1 Å². The van der Waals surface area contributed by atoms with Crippen molar-refractivity contribution in [3.8, 4) is 0 Å². The van der Waals surface area contributed by atoms with Crippen LogP contribution in [-0.2, 0) is 19.1 Å². The van der Waals surface area contributed by atoms with Gasteiger partial charge >= 0.3 is 11.9 Å². The van der Waals surface area contributed by atoms with Gasteiger partial charge in [-0.2, -0.15) is 0 Å². The van der Waals surface area contributed by atoms with Crippen LogP contribution in [0.15, 0.2) is 0 Å². The molecule has 0 N–H and O–H groups in total. The molecule has 0 aromatic heterocycles. The Kier molecular flexibility index (Phi) is 14.3. The van der Waals surface area contributed by atoms with Crippen molar-refractivity contribution in [1.82, 2.24) is 0 Å². The molecule has 0 amide bonds. The lowest BCUT2D eigenvalue weighted by Crippen LogP contribution is -2.14. The van der Waals surface area contributed by atoms with E-state index in [2.05, 4.69) is 18.6 Å². The van der Waals surface area contributed by atoms with Crippen LogP contribution in [0.25, 0.3) is 0 Å². The average molecular weight is 274 g/mol. The van der Waals surface area contributed by atoms with Crippen molar-refractivity contribution in [2.24, 2.45) is 0 Å². The summed E-state index contributed by atoms with van der Waals surface area (Å²) in [6.45, 7) is 10.7. The minimum Gasteiger partial charge on any atom is -0.463 e. The second-order valence-corrected chi connectivity index (χ2v) is 4.79. The maximum Gasteiger partial charge on any atom is 0.302 e. The van der Waals surface area contributed by atoms with Gasteiger partial charge in [0.05, 0.1) is 6.10 Å². The highest BCUT2D eigenvalue weighted by Gasteiger charge is 2.07. The molecule has 0 aromatic rings. The van der Waals surface area contributed by atoms with Gasteiger partial charge in [-0.1, -0.05) is 26.7 Å². The molecule has 0 radical (unpaired) electrons. The Morgan fingerprint density at radius 1 is 0.947 bits per heavy atom. The molecular weight excluding hydrogens is 244 g/mol. The molecule has 4 heteroatoms. The lowest BCUT2D eigenvalue weighted by Gasteiger charge is -2.14. The van der Waals surface area contributed by atoms with Gasteiger partial charge in [0.2, 0.25) is 0 Å². The van der Waals surface area contributed by atoms with Crippen molar-refractivity contribution in [2.45, 2.75) is 85.9 Å². The third kappa shape index (κ3) is 19.5. The van der Waals surface area contributed by atoms with Crippen molar-refractivity contribution < 1.29 is 19.1 Å². The Hall–Kier alpha value is -1.06. The second kappa shape index (κ2) is 13.4. The maximum absolute atomic E-state index is 10.6. The highest BCUT2D eigenvalue weighted by atomic mass is 16.5. The van der Waals surface area contributed by atoms with Gasteiger partial charge in [-0.05, 0) is 33.1 Å². The number of carbonyl (C=O) groups is 2. The van der Waals surface area contributed by atoms with Crippen LogP contribution < -0.4 is 0 Å². The van der Waals surface area contributed by atoms with Crippen molar-refractivity contribution in [2.75, 3.05) is 0 Å². The summed E-state index contributed by atoms with van der Waals surface area (Å²) < 4.78 is 9.72. The SMILES string of the molecule is CC(=O)OC(C)C.CCCCCC(CC)OC(C)=O. The Balaban J connectivity index is 0. The van der Waals surface area contributed by atoms with E-state index in [1.807, 2.05) is 13.8 Å². The van der Waals surface area contributed by atoms with E-state index in [4.69, 9.17) is 4.74 Å². The van der Waals surface area contributed by atoms with Crippen LogP contribution >= 0.6 is 0 Å². The van der Waals surface area contributed by atoms with Crippen molar-refractivity contribution in [3.63, 3.8) is 0 Å². The van der Waals surface area contributed by atoms with Crippen LogP contribution in [0.4, 0.5) is 0 Å². The quantitative estimate of drug-likeness (QED) is 0.522. The summed E-state index contributed by atoms with van der Waals surface area (Å²) in [6, 6.07) is 0. The lowest BCUT2D eigenvalue weighted by atomic mass is 10.1. The zero-order valence-electron chi connectivity index (χ0n) is 13.3. The minimum atomic E-state index is -0.213. The van der Waals surface area contributed by atoms with Gasteiger partial charge < -0.3 is 9.47 Å². The lowest BCUT2D eigenvalue weighted by molar-refractivity contribution is -0.147. The first-order chi connectivity index (χ1) is 8.83. The zero-order valence-corrected chi connectivity index (χ0v) is 13.3.